The van der Waals surface area contributed by atoms with Crippen LogP contribution >= 0.6 is 0 Å². The molecule has 0 nitrogen and oxygen atoms in total. The maximum absolute atomic E-state index is 14.8. The molecule has 98 valence electrons. The molecule has 0 bridgehead atoms. The first-order valence-electron chi connectivity index (χ1n) is 6.45. The Bertz CT molecular complexity index is 637. The number of hydrogen-bond acceptors (Lipinski definition) is 0. The number of halogens is 2. The van der Waals surface area contributed by atoms with Crippen LogP contribution in [0.15, 0.2) is 24.3 Å². The van der Waals surface area contributed by atoms with Gasteiger partial charge in [-0.15, -0.1) is 0 Å². The molecule has 0 fully saturated rings. The molecule has 0 heterocycles. The molecule has 0 saturated heterocycles. The standard InChI is InChI=1S/C17H16F2/c1-9-5-7-13-14-8-6-10(2)12(4)16(14)17(18,19)15(13)11(9)3/h5-8H,1-4H3. The van der Waals surface area contributed by atoms with Gasteiger partial charge in [-0.2, -0.15) is 8.78 Å². The van der Waals surface area contributed by atoms with Crippen molar-refractivity contribution in [3.8, 4) is 11.1 Å². The highest BCUT2D eigenvalue weighted by Gasteiger charge is 2.46. The highest BCUT2D eigenvalue weighted by Crippen LogP contribution is 2.54. The van der Waals surface area contributed by atoms with Crippen LogP contribution in [0.2, 0.25) is 0 Å². The van der Waals surface area contributed by atoms with Gasteiger partial charge >= 0.3 is 0 Å². The Kier molecular flexibility index (Phi) is 2.38. The van der Waals surface area contributed by atoms with Gasteiger partial charge < -0.3 is 0 Å². The van der Waals surface area contributed by atoms with E-state index in [2.05, 4.69) is 0 Å². The van der Waals surface area contributed by atoms with Gasteiger partial charge in [0.25, 0.3) is 5.92 Å². The smallest absolute Gasteiger partial charge is 0.196 e. The van der Waals surface area contributed by atoms with Crippen LogP contribution in [0.4, 0.5) is 8.78 Å². The number of hydrogen-bond donors (Lipinski definition) is 0. The molecular weight excluding hydrogens is 242 g/mol. The number of fused-ring (bicyclic) bond motifs is 3. The van der Waals surface area contributed by atoms with Gasteiger partial charge in [0, 0.05) is 11.1 Å². The summed E-state index contributed by atoms with van der Waals surface area (Å²) in [6.07, 6.45) is 0. The molecule has 3 rings (SSSR count). The van der Waals surface area contributed by atoms with Crippen LogP contribution in [0.5, 0.6) is 0 Å². The second kappa shape index (κ2) is 3.66. The van der Waals surface area contributed by atoms with Gasteiger partial charge in [0.05, 0.1) is 0 Å². The van der Waals surface area contributed by atoms with E-state index in [4.69, 9.17) is 0 Å². The maximum Gasteiger partial charge on any atom is 0.300 e. The molecule has 1 aliphatic rings. The average Bonchev–Trinajstić information content (AvgIpc) is 2.58. The van der Waals surface area contributed by atoms with E-state index in [1.54, 1.807) is 13.8 Å². The van der Waals surface area contributed by atoms with E-state index in [1.165, 1.54) is 0 Å². The molecule has 19 heavy (non-hydrogen) atoms. The molecule has 1 aliphatic carbocycles. The Morgan fingerprint density at radius 2 is 1.05 bits per heavy atom. The fourth-order valence-electron chi connectivity index (χ4n) is 3.01. The second-order valence-corrected chi connectivity index (χ2v) is 5.43. The molecule has 0 N–H and O–H groups in total. The summed E-state index contributed by atoms with van der Waals surface area (Å²) in [5.74, 6) is -2.88. The minimum absolute atomic E-state index is 0.191. The quantitative estimate of drug-likeness (QED) is 0.621. The van der Waals surface area contributed by atoms with Crippen molar-refractivity contribution in [3.63, 3.8) is 0 Å². The number of aryl methyl sites for hydroxylation is 2. The summed E-state index contributed by atoms with van der Waals surface area (Å²) in [4.78, 5) is 0. The highest BCUT2D eigenvalue weighted by molar-refractivity contribution is 5.82. The molecule has 0 saturated carbocycles. The summed E-state index contributed by atoms with van der Waals surface area (Å²) in [7, 11) is 0. The SMILES string of the molecule is Cc1ccc2c(c1C)C(F)(F)c1c-2ccc(C)c1C. The molecule has 0 radical (unpaired) electrons. The van der Waals surface area contributed by atoms with Gasteiger partial charge in [0.2, 0.25) is 0 Å². The van der Waals surface area contributed by atoms with Gasteiger partial charge in [-0.25, -0.2) is 0 Å². The zero-order valence-electron chi connectivity index (χ0n) is 11.6. The number of benzene rings is 2. The molecule has 2 aromatic carbocycles. The second-order valence-electron chi connectivity index (χ2n) is 5.43. The van der Waals surface area contributed by atoms with Crippen molar-refractivity contribution in [2.75, 3.05) is 0 Å². The molecule has 0 amide bonds. The monoisotopic (exact) mass is 258 g/mol. The van der Waals surface area contributed by atoms with Crippen LogP contribution in [0.3, 0.4) is 0 Å². The Labute approximate surface area is 112 Å². The summed E-state index contributed by atoms with van der Waals surface area (Å²) in [5, 5.41) is 0. The molecule has 0 atom stereocenters. The van der Waals surface area contributed by atoms with Crippen LogP contribution < -0.4 is 0 Å². The summed E-state index contributed by atoms with van der Waals surface area (Å²) < 4.78 is 29.6. The zero-order valence-corrected chi connectivity index (χ0v) is 11.6. The summed E-state index contributed by atoms with van der Waals surface area (Å²) in [6.45, 7) is 7.34. The van der Waals surface area contributed by atoms with Crippen LogP contribution in [0.1, 0.15) is 33.4 Å². The van der Waals surface area contributed by atoms with Crippen molar-refractivity contribution in [3.05, 3.63) is 57.6 Å². The summed E-state index contributed by atoms with van der Waals surface area (Å²) >= 11 is 0. The third kappa shape index (κ3) is 1.43. The first-order chi connectivity index (χ1) is 8.85. The summed E-state index contributed by atoms with van der Waals surface area (Å²) in [5.41, 5.74) is 5.00. The van der Waals surface area contributed by atoms with Gasteiger partial charge in [-0.1, -0.05) is 24.3 Å². The molecule has 0 aliphatic heterocycles. The van der Waals surface area contributed by atoms with E-state index in [1.807, 2.05) is 38.1 Å². The van der Waals surface area contributed by atoms with Crippen LogP contribution in [0.25, 0.3) is 11.1 Å². The van der Waals surface area contributed by atoms with Gasteiger partial charge in [-0.3, -0.25) is 0 Å². The molecule has 0 aromatic heterocycles. The highest BCUT2D eigenvalue weighted by atomic mass is 19.3. The minimum atomic E-state index is -2.88. The molecule has 2 heteroatoms. The zero-order chi connectivity index (χ0) is 13.9. The van der Waals surface area contributed by atoms with E-state index in [0.29, 0.717) is 22.3 Å². The molecular formula is C17H16F2. The van der Waals surface area contributed by atoms with Crippen molar-refractivity contribution in [1.29, 1.82) is 0 Å². The van der Waals surface area contributed by atoms with Crippen LogP contribution in [-0.4, -0.2) is 0 Å². The topological polar surface area (TPSA) is 0 Å². The first kappa shape index (κ1) is 12.3. The summed E-state index contributed by atoms with van der Waals surface area (Å²) in [6, 6.07) is 7.50. The first-order valence-corrected chi connectivity index (χ1v) is 6.45. The van der Waals surface area contributed by atoms with Crippen LogP contribution in [0, 0.1) is 27.7 Å². The fourth-order valence-corrected chi connectivity index (χ4v) is 3.01. The maximum atomic E-state index is 14.8. The molecule has 0 unspecified atom stereocenters. The lowest BCUT2D eigenvalue weighted by molar-refractivity contribution is 0.0466. The van der Waals surface area contributed by atoms with E-state index in [-0.39, 0.29) is 11.1 Å². The predicted octanol–water partition coefficient (Wildman–Crippen LogP) is 5.04. The van der Waals surface area contributed by atoms with Gasteiger partial charge in [0.1, 0.15) is 0 Å². The van der Waals surface area contributed by atoms with Crippen molar-refractivity contribution < 1.29 is 8.78 Å². The van der Waals surface area contributed by atoms with Gasteiger partial charge in [0.15, 0.2) is 0 Å². The van der Waals surface area contributed by atoms with Crippen molar-refractivity contribution in [1.82, 2.24) is 0 Å². The lowest BCUT2D eigenvalue weighted by atomic mass is 9.96. The Hall–Kier alpha value is -1.70. The van der Waals surface area contributed by atoms with Crippen molar-refractivity contribution in [2.24, 2.45) is 0 Å². The third-order valence-electron chi connectivity index (χ3n) is 4.39. The Morgan fingerprint density at radius 3 is 1.42 bits per heavy atom. The van der Waals surface area contributed by atoms with Crippen LogP contribution in [-0.2, 0) is 5.92 Å². The van der Waals surface area contributed by atoms with Crippen molar-refractivity contribution >= 4 is 0 Å². The molecule has 2 aromatic rings. The lowest BCUT2D eigenvalue weighted by Crippen LogP contribution is -2.15. The average molecular weight is 258 g/mol. The lowest BCUT2D eigenvalue weighted by Gasteiger charge is -2.18. The normalized spacial score (nSPS) is 15.3. The minimum Gasteiger partial charge on any atom is -0.196 e. The van der Waals surface area contributed by atoms with Gasteiger partial charge in [-0.05, 0) is 61.1 Å². The third-order valence-corrected chi connectivity index (χ3v) is 4.39. The van der Waals surface area contributed by atoms with E-state index < -0.39 is 5.92 Å². The molecule has 0 spiro atoms. The van der Waals surface area contributed by atoms with E-state index in [9.17, 15) is 8.78 Å². The Balaban J connectivity index is 2.46. The Morgan fingerprint density at radius 1 is 0.684 bits per heavy atom. The van der Waals surface area contributed by atoms with E-state index >= 15 is 0 Å². The van der Waals surface area contributed by atoms with Crippen molar-refractivity contribution in [2.45, 2.75) is 33.6 Å². The number of alkyl halides is 2. The number of rotatable bonds is 0. The fraction of sp³-hybridized carbons (Fsp3) is 0.294. The van der Waals surface area contributed by atoms with E-state index in [0.717, 1.165) is 11.1 Å². The largest absolute Gasteiger partial charge is 0.300 e. The predicted molar refractivity (Wildman–Crippen MR) is 73.8 cm³/mol.